The molecule has 0 aromatic carbocycles. The van der Waals surface area contributed by atoms with Gasteiger partial charge in [-0.1, -0.05) is 13.8 Å². The lowest BCUT2D eigenvalue weighted by molar-refractivity contribution is -0.141. The topological polar surface area (TPSA) is 75.6 Å². The Bertz CT molecular complexity index is 304. The summed E-state index contributed by atoms with van der Waals surface area (Å²) in [6.45, 7) is 6.20. The Hall–Kier alpha value is -1.10. The minimum Gasteiger partial charge on any atom is -0.481 e. The third-order valence-electron chi connectivity index (χ3n) is 3.37. The molecule has 0 aliphatic heterocycles. The molecule has 1 rings (SSSR count). The number of carbonyl (C=O) groups is 2. The lowest BCUT2D eigenvalue weighted by Crippen LogP contribution is -2.31. The van der Waals surface area contributed by atoms with Crippen LogP contribution >= 0.6 is 0 Å². The van der Waals surface area contributed by atoms with Gasteiger partial charge in [-0.3, -0.25) is 9.59 Å². The van der Waals surface area contributed by atoms with Gasteiger partial charge in [0.15, 0.2) is 0 Å². The zero-order valence-electron chi connectivity index (χ0n) is 11.9. The molecule has 0 saturated heterocycles. The number of hydrogen-bond donors (Lipinski definition) is 2. The fourth-order valence-electron chi connectivity index (χ4n) is 2.29. The van der Waals surface area contributed by atoms with Crippen LogP contribution in [0.15, 0.2) is 0 Å². The van der Waals surface area contributed by atoms with Gasteiger partial charge in [0.1, 0.15) is 0 Å². The summed E-state index contributed by atoms with van der Waals surface area (Å²) in [5.74, 6) is -0.728. The number of rotatable bonds is 8. The molecule has 1 amide bonds. The van der Waals surface area contributed by atoms with Crippen molar-refractivity contribution in [1.29, 1.82) is 0 Å². The highest BCUT2D eigenvalue weighted by atomic mass is 16.5. The standard InChI is InChI=1S/C14H25NO4/c1-10(2)9-19-7-3-6-15-13(16)11-4-5-12(8-11)14(17)18/h10-12H,3-9H2,1-2H3,(H,15,16)(H,17,18). The predicted molar refractivity (Wildman–Crippen MR) is 71.8 cm³/mol. The molecule has 0 aromatic heterocycles. The molecule has 1 aliphatic rings. The Labute approximate surface area is 114 Å². The second-order valence-corrected chi connectivity index (χ2v) is 5.66. The van der Waals surface area contributed by atoms with Crippen molar-refractivity contribution in [2.45, 2.75) is 39.5 Å². The molecule has 2 unspecified atom stereocenters. The Morgan fingerprint density at radius 3 is 2.58 bits per heavy atom. The molecule has 0 spiro atoms. The summed E-state index contributed by atoms with van der Waals surface area (Å²) in [6, 6.07) is 0. The number of ether oxygens (including phenoxy) is 1. The van der Waals surface area contributed by atoms with Crippen molar-refractivity contribution in [2.75, 3.05) is 19.8 Å². The fraction of sp³-hybridized carbons (Fsp3) is 0.857. The normalized spacial score (nSPS) is 22.7. The van der Waals surface area contributed by atoms with E-state index in [0.717, 1.165) is 13.0 Å². The predicted octanol–water partition coefficient (Wildman–Crippen LogP) is 1.67. The molecule has 0 heterocycles. The summed E-state index contributed by atoms with van der Waals surface area (Å²) < 4.78 is 5.42. The maximum absolute atomic E-state index is 11.8. The lowest BCUT2D eigenvalue weighted by Gasteiger charge is -2.11. The smallest absolute Gasteiger partial charge is 0.306 e. The van der Waals surface area contributed by atoms with Crippen molar-refractivity contribution >= 4 is 11.9 Å². The summed E-state index contributed by atoms with van der Waals surface area (Å²) in [7, 11) is 0. The lowest BCUT2D eigenvalue weighted by atomic mass is 10.0. The Balaban J connectivity index is 2.07. The molecule has 5 nitrogen and oxygen atoms in total. The number of nitrogens with one attached hydrogen (secondary N) is 1. The number of carbonyl (C=O) groups excluding carboxylic acids is 1. The molecular weight excluding hydrogens is 246 g/mol. The molecule has 5 heteroatoms. The SMILES string of the molecule is CC(C)COCCCNC(=O)C1CCC(C(=O)O)C1. The molecule has 0 bridgehead atoms. The van der Waals surface area contributed by atoms with Crippen LogP contribution < -0.4 is 5.32 Å². The van der Waals surface area contributed by atoms with E-state index >= 15 is 0 Å². The molecule has 0 radical (unpaired) electrons. The second-order valence-electron chi connectivity index (χ2n) is 5.66. The van der Waals surface area contributed by atoms with Gasteiger partial charge in [-0.2, -0.15) is 0 Å². The van der Waals surface area contributed by atoms with Gasteiger partial charge in [-0.15, -0.1) is 0 Å². The van der Waals surface area contributed by atoms with Crippen LogP contribution in [-0.4, -0.2) is 36.7 Å². The van der Waals surface area contributed by atoms with Crippen LogP contribution in [0.3, 0.4) is 0 Å². The van der Waals surface area contributed by atoms with E-state index < -0.39 is 5.97 Å². The van der Waals surface area contributed by atoms with Crippen molar-refractivity contribution in [2.24, 2.45) is 17.8 Å². The molecule has 0 aromatic rings. The quantitative estimate of drug-likeness (QED) is 0.658. The number of hydrogen-bond acceptors (Lipinski definition) is 3. The van der Waals surface area contributed by atoms with Crippen LogP contribution in [-0.2, 0) is 14.3 Å². The first-order valence-electron chi connectivity index (χ1n) is 7.09. The van der Waals surface area contributed by atoms with Crippen molar-refractivity contribution in [3.05, 3.63) is 0 Å². The van der Waals surface area contributed by atoms with Crippen LogP contribution in [0.2, 0.25) is 0 Å². The van der Waals surface area contributed by atoms with Crippen molar-refractivity contribution in [3.8, 4) is 0 Å². The van der Waals surface area contributed by atoms with E-state index in [1.807, 2.05) is 0 Å². The number of aliphatic carboxylic acids is 1. The maximum atomic E-state index is 11.8. The monoisotopic (exact) mass is 271 g/mol. The van der Waals surface area contributed by atoms with E-state index in [9.17, 15) is 9.59 Å². The highest BCUT2D eigenvalue weighted by molar-refractivity contribution is 5.80. The van der Waals surface area contributed by atoms with Crippen LogP contribution in [0.25, 0.3) is 0 Å². The number of amides is 1. The van der Waals surface area contributed by atoms with E-state index in [1.54, 1.807) is 0 Å². The van der Waals surface area contributed by atoms with Crippen LogP contribution in [0, 0.1) is 17.8 Å². The highest BCUT2D eigenvalue weighted by Gasteiger charge is 2.33. The first-order chi connectivity index (χ1) is 9.00. The minimum absolute atomic E-state index is 0.00684. The Morgan fingerprint density at radius 2 is 2.00 bits per heavy atom. The minimum atomic E-state index is -0.780. The number of carboxylic acids is 1. The third kappa shape index (κ3) is 6.05. The van der Waals surface area contributed by atoms with E-state index in [-0.39, 0.29) is 17.7 Å². The van der Waals surface area contributed by atoms with Gasteiger partial charge in [-0.25, -0.2) is 0 Å². The fourth-order valence-corrected chi connectivity index (χ4v) is 2.29. The Kier molecular flexibility index (Phi) is 6.84. The van der Waals surface area contributed by atoms with E-state index in [4.69, 9.17) is 9.84 Å². The van der Waals surface area contributed by atoms with E-state index in [1.165, 1.54) is 0 Å². The molecule has 19 heavy (non-hydrogen) atoms. The zero-order chi connectivity index (χ0) is 14.3. The van der Waals surface area contributed by atoms with Crippen molar-refractivity contribution in [3.63, 3.8) is 0 Å². The van der Waals surface area contributed by atoms with Gasteiger partial charge in [0, 0.05) is 25.7 Å². The van der Waals surface area contributed by atoms with Gasteiger partial charge in [0.05, 0.1) is 5.92 Å². The number of carboxylic acid groups (broad SMARTS) is 1. The Morgan fingerprint density at radius 1 is 1.32 bits per heavy atom. The molecule has 1 aliphatic carbocycles. The van der Waals surface area contributed by atoms with Crippen LogP contribution in [0.5, 0.6) is 0 Å². The zero-order valence-corrected chi connectivity index (χ0v) is 11.9. The van der Waals surface area contributed by atoms with Gasteiger partial charge >= 0.3 is 5.97 Å². The molecule has 1 saturated carbocycles. The summed E-state index contributed by atoms with van der Waals surface area (Å²) >= 11 is 0. The van der Waals surface area contributed by atoms with Crippen LogP contribution in [0.4, 0.5) is 0 Å². The largest absolute Gasteiger partial charge is 0.481 e. The average molecular weight is 271 g/mol. The molecular formula is C14H25NO4. The average Bonchev–Trinajstić information content (AvgIpc) is 2.82. The molecule has 2 atom stereocenters. The summed E-state index contributed by atoms with van der Waals surface area (Å²) in [5.41, 5.74) is 0. The van der Waals surface area contributed by atoms with Gasteiger partial charge in [-0.05, 0) is 31.6 Å². The van der Waals surface area contributed by atoms with Crippen molar-refractivity contribution < 1.29 is 19.4 Å². The third-order valence-corrected chi connectivity index (χ3v) is 3.37. The van der Waals surface area contributed by atoms with Gasteiger partial charge in [0.25, 0.3) is 0 Å². The summed E-state index contributed by atoms with van der Waals surface area (Å²) in [4.78, 5) is 22.6. The van der Waals surface area contributed by atoms with E-state index in [2.05, 4.69) is 19.2 Å². The second kappa shape index (κ2) is 8.15. The van der Waals surface area contributed by atoms with Gasteiger partial charge in [0.2, 0.25) is 5.91 Å². The molecule has 1 fully saturated rings. The summed E-state index contributed by atoms with van der Waals surface area (Å²) in [5, 5.41) is 11.7. The van der Waals surface area contributed by atoms with Crippen LogP contribution in [0.1, 0.15) is 39.5 Å². The first kappa shape index (κ1) is 16.0. The van der Waals surface area contributed by atoms with Crippen molar-refractivity contribution in [1.82, 2.24) is 5.32 Å². The highest BCUT2D eigenvalue weighted by Crippen LogP contribution is 2.30. The van der Waals surface area contributed by atoms with E-state index in [0.29, 0.717) is 38.3 Å². The first-order valence-corrected chi connectivity index (χ1v) is 7.09. The molecule has 110 valence electrons. The van der Waals surface area contributed by atoms with Gasteiger partial charge < -0.3 is 15.2 Å². The summed E-state index contributed by atoms with van der Waals surface area (Å²) in [6.07, 6.45) is 2.58. The molecule has 2 N–H and O–H groups in total. The maximum Gasteiger partial charge on any atom is 0.306 e.